The van der Waals surface area contributed by atoms with Gasteiger partial charge in [0.2, 0.25) is 5.91 Å². The molecule has 24 heavy (non-hydrogen) atoms. The number of hydrazone groups is 1. The number of allylic oxidation sites excluding steroid dienone is 1. The van der Waals surface area contributed by atoms with Gasteiger partial charge in [-0.25, -0.2) is 5.43 Å². The van der Waals surface area contributed by atoms with Crippen LogP contribution >= 0.6 is 0 Å². The molecular formula is C17H20N4O3. The average Bonchev–Trinajstić information content (AvgIpc) is 2.91. The van der Waals surface area contributed by atoms with Crippen LogP contribution in [0, 0.1) is 6.92 Å². The zero-order chi connectivity index (χ0) is 17.4. The zero-order valence-corrected chi connectivity index (χ0v) is 13.6. The van der Waals surface area contributed by atoms with Crippen molar-refractivity contribution in [1.29, 1.82) is 0 Å². The van der Waals surface area contributed by atoms with Crippen LogP contribution in [0.1, 0.15) is 23.2 Å². The molecular weight excluding hydrogens is 308 g/mol. The van der Waals surface area contributed by atoms with Crippen molar-refractivity contribution in [2.45, 2.75) is 19.8 Å². The van der Waals surface area contributed by atoms with E-state index in [2.05, 4.69) is 20.7 Å². The van der Waals surface area contributed by atoms with Gasteiger partial charge in [0.1, 0.15) is 5.75 Å². The predicted molar refractivity (Wildman–Crippen MR) is 93.1 cm³/mol. The highest BCUT2D eigenvalue weighted by atomic mass is 16.5. The van der Waals surface area contributed by atoms with Crippen LogP contribution in [0.25, 0.3) is 6.08 Å². The third kappa shape index (κ3) is 4.70. The predicted octanol–water partition coefficient (Wildman–Crippen LogP) is 1.77. The number of ether oxygens (including phenoxy) is 1. The minimum Gasteiger partial charge on any atom is -0.496 e. The van der Waals surface area contributed by atoms with E-state index < -0.39 is 0 Å². The van der Waals surface area contributed by atoms with Crippen molar-refractivity contribution in [2.75, 3.05) is 7.11 Å². The van der Waals surface area contributed by atoms with Crippen LogP contribution in [0.15, 0.2) is 40.2 Å². The van der Waals surface area contributed by atoms with Crippen LogP contribution in [0.5, 0.6) is 5.75 Å². The minimum atomic E-state index is -0.253. The molecule has 0 saturated carbocycles. The lowest BCUT2D eigenvalue weighted by Crippen LogP contribution is -2.19. The molecule has 1 aromatic carbocycles. The van der Waals surface area contributed by atoms with Crippen LogP contribution in [-0.2, 0) is 11.2 Å². The van der Waals surface area contributed by atoms with Crippen molar-refractivity contribution in [3.63, 3.8) is 0 Å². The van der Waals surface area contributed by atoms with Gasteiger partial charge < -0.3 is 9.84 Å². The Morgan fingerprint density at radius 1 is 1.33 bits per heavy atom. The summed E-state index contributed by atoms with van der Waals surface area (Å²) < 4.78 is 5.23. The number of carbonyl (C=O) groups excluding carboxylic acids is 1. The molecule has 7 heteroatoms. The third-order valence-electron chi connectivity index (χ3n) is 3.46. The number of aromatic amines is 2. The molecule has 0 saturated heterocycles. The number of aryl methyl sites for hydroxylation is 1. The maximum atomic E-state index is 11.7. The Bertz CT molecular complexity index is 802. The fourth-order valence-electron chi connectivity index (χ4n) is 2.17. The van der Waals surface area contributed by atoms with Crippen molar-refractivity contribution >= 4 is 18.2 Å². The summed E-state index contributed by atoms with van der Waals surface area (Å²) in [6.45, 7) is 1.78. The number of para-hydroxylation sites is 1. The molecule has 0 aliphatic rings. The number of hydrogen-bond donors (Lipinski definition) is 3. The van der Waals surface area contributed by atoms with E-state index in [4.69, 9.17) is 4.74 Å². The molecule has 126 valence electrons. The Morgan fingerprint density at radius 2 is 2.12 bits per heavy atom. The molecule has 0 spiro atoms. The van der Waals surface area contributed by atoms with E-state index in [9.17, 15) is 9.59 Å². The SMILES string of the molecule is COc1ccccc1/C=C/C=N\NC(=O)CCc1c(C)[nH][nH]c1=O. The van der Waals surface area contributed by atoms with Gasteiger partial charge in [0.25, 0.3) is 5.56 Å². The molecule has 1 heterocycles. The molecule has 0 bridgehead atoms. The first-order chi connectivity index (χ1) is 11.6. The summed E-state index contributed by atoms with van der Waals surface area (Å²) in [6.07, 6.45) is 5.58. The Balaban J connectivity index is 1.80. The third-order valence-corrected chi connectivity index (χ3v) is 3.46. The molecule has 1 amide bonds. The largest absolute Gasteiger partial charge is 0.496 e. The van der Waals surface area contributed by atoms with E-state index in [0.29, 0.717) is 12.0 Å². The summed E-state index contributed by atoms with van der Waals surface area (Å²) >= 11 is 0. The highest BCUT2D eigenvalue weighted by molar-refractivity contribution is 5.82. The Hall–Kier alpha value is -3.09. The number of nitrogens with zero attached hydrogens (tertiary/aromatic N) is 1. The van der Waals surface area contributed by atoms with Crippen molar-refractivity contribution in [3.05, 3.63) is 57.5 Å². The molecule has 2 rings (SSSR count). The lowest BCUT2D eigenvalue weighted by atomic mass is 10.1. The zero-order valence-electron chi connectivity index (χ0n) is 13.6. The standard InChI is InChI=1S/C17H20N4O3/c1-12-14(17(23)21-19-12)9-10-16(22)20-18-11-5-7-13-6-3-4-8-15(13)24-2/h3-8,11H,9-10H2,1-2H3,(H,20,22)(H2,19,21,23)/b7-5+,18-11-. The van der Waals surface area contributed by atoms with Crippen LogP contribution in [-0.4, -0.2) is 29.4 Å². The topological polar surface area (TPSA) is 99.3 Å². The first-order valence-corrected chi connectivity index (χ1v) is 7.49. The normalized spacial score (nSPS) is 11.2. The smallest absolute Gasteiger partial charge is 0.267 e. The quantitative estimate of drug-likeness (QED) is 0.533. The summed E-state index contributed by atoms with van der Waals surface area (Å²) in [5, 5.41) is 9.05. The number of nitrogens with one attached hydrogen (secondary N) is 3. The highest BCUT2D eigenvalue weighted by Gasteiger charge is 2.08. The summed E-state index contributed by atoms with van der Waals surface area (Å²) in [5.74, 6) is 0.509. The minimum absolute atomic E-state index is 0.190. The maximum absolute atomic E-state index is 11.7. The van der Waals surface area contributed by atoms with Gasteiger partial charge in [-0.2, -0.15) is 5.10 Å². The summed E-state index contributed by atoms with van der Waals surface area (Å²) in [6, 6.07) is 7.58. The fourth-order valence-corrected chi connectivity index (χ4v) is 2.17. The maximum Gasteiger partial charge on any atom is 0.267 e. The van der Waals surface area contributed by atoms with Crippen molar-refractivity contribution in [2.24, 2.45) is 5.10 Å². The summed E-state index contributed by atoms with van der Waals surface area (Å²) in [5.41, 5.74) is 4.48. The number of H-pyrrole nitrogens is 2. The molecule has 2 aromatic rings. The first-order valence-electron chi connectivity index (χ1n) is 7.49. The molecule has 0 radical (unpaired) electrons. The molecule has 0 aliphatic carbocycles. The monoisotopic (exact) mass is 328 g/mol. The average molecular weight is 328 g/mol. The fraction of sp³-hybridized carbons (Fsp3) is 0.235. The number of carbonyl (C=O) groups is 1. The Morgan fingerprint density at radius 3 is 2.83 bits per heavy atom. The number of aromatic nitrogens is 2. The second-order valence-electron chi connectivity index (χ2n) is 5.10. The summed E-state index contributed by atoms with van der Waals surface area (Å²) in [7, 11) is 1.61. The van der Waals surface area contributed by atoms with Gasteiger partial charge in [-0.1, -0.05) is 18.2 Å². The van der Waals surface area contributed by atoms with E-state index in [1.165, 1.54) is 6.21 Å². The van der Waals surface area contributed by atoms with Gasteiger partial charge in [0, 0.05) is 29.5 Å². The van der Waals surface area contributed by atoms with Gasteiger partial charge in [-0.15, -0.1) is 0 Å². The Kier molecular flexibility index (Phi) is 6.13. The molecule has 7 nitrogen and oxygen atoms in total. The molecule has 0 aliphatic heterocycles. The highest BCUT2D eigenvalue weighted by Crippen LogP contribution is 2.18. The lowest BCUT2D eigenvalue weighted by Gasteiger charge is -2.02. The van der Waals surface area contributed by atoms with E-state index in [0.717, 1.165) is 17.0 Å². The molecule has 0 fully saturated rings. The Labute approximate surface area is 139 Å². The molecule has 1 aromatic heterocycles. The molecule has 0 unspecified atom stereocenters. The van der Waals surface area contributed by atoms with Gasteiger partial charge in [0.05, 0.1) is 7.11 Å². The second-order valence-corrected chi connectivity index (χ2v) is 5.10. The van der Waals surface area contributed by atoms with Crippen LogP contribution in [0.3, 0.4) is 0 Å². The number of methoxy groups -OCH3 is 1. The van der Waals surface area contributed by atoms with Crippen LogP contribution < -0.4 is 15.7 Å². The van der Waals surface area contributed by atoms with Gasteiger partial charge >= 0.3 is 0 Å². The lowest BCUT2D eigenvalue weighted by molar-refractivity contribution is -0.121. The molecule has 0 atom stereocenters. The van der Waals surface area contributed by atoms with Gasteiger partial charge in [-0.3, -0.25) is 14.7 Å². The van der Waals surface area contributed by atoms with E-state index in [1.54, 1.807) is 20.1 Å². The van der Waals surface area contributed by atoms with E-state index in [-0.39, 0.29) is 17.9 Å². The van der Waals surface area contributed by atoms with E-state index in [1.807, 2.05) is 30.3 Å². The van der Waals surface area contributed by atoms with E-state index >= 15 is 0 Å². The van der Waals surface area contributed by atoms with Crippen molar-refractivity contribution in [1.82, 2.24) is 15.6 Å². The number of benzene rings is 1. The second kappa shape index (κ2) is 8.52. The van der Waals surface area contributed by atoms with Crippen molar-refractivity contribution in [3.8, 4) is 5.75 Å². The van der Waals surface area contributed by atoms with Crippen LogP contribution in [0.4, 0.5) is 0 Å². The van der Waals surface area contributed by atoms with Crippen LogP contribution in [0.2, 0.25) is 0 Å². The number of amides is 1. The number of rotatable bonds is 7. The van der Waals surface area contributed by atoms with Gasteiger partial charge in [-0.05, 0) is 31.6 Å². The summed E-state index contributed by atoms with van der Waals surface area (Å²) in [4.78, 5) is 23.2. The van der Waals surface area contributed by atoms with Gasteiger partial charge in [0.15, 0.2) is 0 Å². The molecule has 3 N–H and O–H groups in total. The van der Waals surface area contributed by atoms with Crippen molar-refractivity contribution < 1.29 is 9.53 Å². The number of hydrogen-bond acceptors (Lipinski definition) is 4. The first kappa shape index (κ1) is 17.3.